The molecule has 1 atom stereocenters. The first-order chi connectivity index (χ1) is 14.3. The second-order valence-electron chi connectivity index (χ2n) is 6.56. The number of nitro groups is 1. The third-order valence-electron chi connectivity index (χ3n) is 4.73. The zero-order chi connectivity index (χ0) is 22.0. The minimum absolute atomic E-state index is 0.0366. The van der Waals surface area contributed by atoms with E-state index in [-0.39, 0.29) is 42.3 Å². The van der Waals surface area contributed by atoms with E-state index in [2.05, 4.69) is 16.7 Å². The Morgan fingerprint density at radius 3 is 2.63 bits per heavy atom. The average Bonchev–Trinajstić information content (AvgIpc) is 3.15. The van der Waals surface area contributed by atoms with Crippen molar-refractivity contribution in [3.8, 4) is 5.88 Å². The fraction of sp³-hybridized carbons (Fsp3) is 0.263. The van der Waals surface area contributed by atoms with Crippen molar-refractivity contribution in [2.45, 2.75) is 32.4 Å². The van der Waals surface area contributed by atoms with E-state index in [1.54, 1.807) is 6.92 Å². The molecule has 2 N–H and O–H groups in total. The molecule has 0 spiro atoms. The van der Waals surface area contributed by atoms with Crippen LogP contribution in [0.2, 0.25) is 0 Å². The van der Waals surface area contributed by atoms with Crippen molar-refractivity contribution in [2.75, 3.05) is 0 Å². The molecule has 2 heterocycles. The second-order valence-corrected chi connectivity index (χ2v) is 6.56. The number of allylic oxidation sites excluding steroid dienone is 1. The van der Waals surface area contributed by atoms with Crippen molar-refractivity contribution < 1.29 is 14.8 Å². The summed E-state index contributed by atoms with van der Waals surface area (Å²) in [5.74, 6) is -0.903. The van der Waals surface area contributed by atoms with Crippen molar-refractivity contribution in [1.82, 2.24) is 14.6 Å². The number of hydrogen-bond donors (Lipinski definition) is 2. The number of hydrazone groups is 1. The molecule has 0 saturated carbocycles. The molecule has 1 amide bonds. The van der Waals surface area contributed by atoms with Gasteiger partial charge in [-0.2, -0.15) is 5.10 Å². The van der Waals surface area contributed by atoms with Crippen LogP contribution in [0.1, 0.15) is 36.9 Å². The van der Waals surface area contributed by atoms with Gasteiger partial charge in [0.2, 0.25) is 11.8 Å². The van der Waals surface area contributed by atoms with Crippen LogP contribution in [-0.2, 0) is 11.3 Å². The lowest BCUT2D eigenvalue weighted by molar-refractivity contribution is -0.384. The molecule has 1 aliphatic heterocycles. The van der Waals surface area contributed by atoms with E-state index in [0.717, 1.165) is 4.57 Å². The van der Waals surface area contributed by atoms with Gasteiger partial charge in [0, 0.05) is 31.5 Å². The molecule has 30 heavy (non-hydrogen) atoms. The number of non-ortho nitro benzene ring substituents is 1. The first kappa shape index (κ1) is 20.7. The smallest absolute Gasteiger partial charge is 0.331 e. The molecule has 2 aromatic rings. The number of carbonyl (C=O) groups is 1. The second kappa shape index (κ2) is 8.15. The van der Waals surface area contributed by atoms with Crippen LogP contribution in [0.25, 0.3) is 0 Å². The van der Waals surface area contributed by atoms with Gasteiger partial charge >= 0.3 is 5.69 Å². The molecule has 11 nitrogen and oxygen atoms in total. The molecule has 0 bridgehead atoms. The normalized spacial score (nSPS) is 15.7. The van der Waals surface area contributed by atoms with Crippen LogP contribution in [0.4, 0.5) is 5.69 Å². The minimum Gasteiger partial charge on any atom is -0.494 e. The van der Waals surface area contributed by atoms with Gasteiger partial charge in [-0.05, 0) is 5.56 Å². The maximum absolute atomic E-state index is 12.4. The predicted octanol–water partition coefficient (Wildman–Crippen LogP) is 1.42. The summed E-state index contributed by atoms with van der Waals surface area (Å²) < 4.78 is 0.928. The van der Waals surface area contributed by atoms with E-state index in [1.165, 1.54) is 35.4 Å². The van der Waals surface area contributed by atoms with Crippen molar-refractivity contribution in [3.63, 3.8) is 0 Å². The lowest BCUT2D eigenvalue weighted by Crippen LogP contribution is -2.33. The molecule has 156 valence electrons. The molecule has 0 saturated heterocycles. The summed E-state index contributed by atoms with van der Waals surface area (Å²) in [6.45, 7) is 5.12. The summed E-state index contributed by atoms with van der Waals surface area (Å²) in [5, 5.41) is 26.8. The van der Waals surface area contributed by atoms with E-state index < -0.39 is 28.1 Å². The Morgan fingerprint density at radius 1 is 1.40 bits per heavy atom. The van der Waals surface area contributed by atoms with Gasteiger partial charge in [-0.25, -0.2) is 9.80 Å². The summed E-state index contributed by atoms with van der Waals surface area (Å²) in [6.07, 6.45) is 1.59. The number of aromatic nitrogens is 2. The maximum atomic E-state index is 12.4. The first-order valence-electron chi connectivity index (χ1n) is 9.09. The van der Waals surface area contributed by atoms with Gasteiger partial charge in [0.05, 0.1) is 16.7 Å². The Balaban J connectivity index is 2.08. The van der Waals surface area contributed by atoms with E-state index in [4.69, 9.17) is 0 Å². The molecule has 0 aliphatic carbocycles. The zero-order valence-electron chi connectivity index (χ0n) is 16.1. The molecule has 1 unspecified atom stereocenters. The van der Waals surface area contributed by atoms with Crippen molar-refractivity contribution in [2.24, 2.45) is 5.10 Å². The third kappa shape index (κ3) is 3.64. The lowest BCUT2D eigenvalue weighted by Gasteiger charge is -2.21. The number of nitro benzene ring substituents is 1. The molecule has 0 fully saturated rings. The Bertz CT molecular complexity index is 1160. The average molecular weight is 413 g/mol. The van der Waals surface area contributed by atoms with Crippen LogP contribution in [0, 0.1) is 10.1 Å². The number of aromatic hydroxyl groups is 1. The highest BCUT2D eigenvalue weighted by Gasteiger charge is 2.35. The lowest BCUT2D eigenvalue weighted by atomic mass is 9.99. The Labute approximate surface area is 169 Å². The number of rotatable bonds is 6. The summed E-state index contributed by atoms with van der Waals surface area (Å²) in [7, 11) is 0. The quantitative estimate of drug-likeness (QED) is 0.415. The Kier molecular flexibility index (Phi) is 5.63. The van der Waals surface area contributed by atoms with Gasteiger partial charge in [0.1, 0.15) is 5.56 Å². The van der Waals surface area contributed by atoms with Gasteiger partial charge in [0.25, 0.3) is 11.2 Å². The van der Waals surface area contributed by atoms with Crippen LogP contribution < -0.4 is 11.2 Å². The fourth-order valence-corrected chi connectivity index (χ4v) is 3.25. The van der Waals surface area contributed by atoms with Gasteiger partial charge < -0.3 is 5.11 Å². The summed E-state index contributed by atoms with van der Waals surface area (Å²) in [4.78, 5) is 49.3. The number of hydrogen-bond acceptors (Lipinski definition) is 7. The van der Waals surface area contributed by atoms with Gasteiger partial charge in [-0.15, -0.1) is 6.58 Å². The third-order valence-corrected chi connectivity index (χ3v) is 4.73. The summed E-state index contributed by atoms with van der Waals surface area (Å²) in [5.41, 5.74) is -1.24. The Hall–Kier alpha value is -4.02. The largest absolute Gasteiger partial charge is 0.494 e. The topological polar surface area (TPSA) is 151 Å². The van der Waals surface area contributed by atoms with Crippen molar-refractivity contribution in [1.29, 1.82) is 0 Å². The van der Waals surface area contributed by atoms with E-state index >= 15 is 0 Å². The highest BCUT2D eigenvalue weighted by molar-refractivity contribution is 6.04. The van der Waals surface area contributed by atoms with Crippen LogP contribution in [0.5, 0.6) is 5.88 Å². The van der Waals surface area contributed by atoms with Crippen LogP contribution in [0.3, 0.4) is 0 Å². The van der Waals surface area contributed by atoms with Crippen molar-refractivity contribution >= 4 is 17.3 Å². The van der Waals surface area contributed by atoms with E-state index in [1.807, 2.05) is 0 Å². The standard InChI is InChI=1S/C19H19N5O6/c1-3-9-22-18(27)16(17(26)20-19(22)28)13-10-14(23(21-13)15(25)4-2)11-5-7-12(8-6-11)24(29)30/h3,5-8,14,27H,1,4,9-10H2,2H3,(H,20,26,28). The Morgan fingerprint density at radius 2 is 2.07 bits per heavy atom. The number of benzene rings is 1. The fourth-order valence-electron chi connectivity index (χ4n) is 3.25. The molecule has 3 rings (SSSR count). The van der Waals surface area contributed by atoms with Gasteiger partial charge in [-0.1, -0.05) is 25.1 Å². The van der Waals surface area contributed by atoms with Crippen molar-refractivity contribution in [3.05, 3.63) is 79.0 Å². The zero-order valence-corrected chi connectivity index (χ0v) is 16.1. The number of carbonyl (C=O) groups excluding carboxylic acids is 1. The number of aromatic amines is 1. The predicted molar refractivity (Wildman–Crippen MR) is 107 cm³/mol. The summed E-state index contributed by atoms with van der Waals surface area (Å²) >= 11 is 0. The molecule has 0 radical (unpaired) electrons. The number of H-pyrrole nitrogens is 1. The van der Waals surface area contributed by atoms with Crippen LogP contribution >= 0.6 is 0 Å². The molecule has 1 aromatic heterocycles. The highest BCUT2D eigenvalue weighted by Crippen LogP contribution is 2.34. The van der Waals surface area contributed by atoms with Crippen LogP contribution in [0.15, 0.2) is 51.6 Å². The molecular weight excluding hydrogens is 394 g/mol. The molecule has 11 heteroatoms. The number of nitrogens with zero attached hydrogens (tertiary/aromatic N) is 4. The SMILES string of the molecule is C=CCn1c(O)c(C2=NN(C(=O)CC)C(c3ccc([N+](=O)[O-])cc3)C2)c(=O)[nH]c1=O. The minimum atomic E-state index is -0.829. The highest BCUT2D eigenvalue weighted by atomic mass is 16.6. The van der Waals surface area contributed by atoms with Gasteiger partial charge in [0.15, 0.2) is 0 Å². The van der Waals surface area contributed by atoms with E-state index in [9.17, 15) is 29.6 Å². The first-order valence-corrected chi connectivity index (χ1v) is 9.09. The molecular formula is C19H19N5O6. The van der Waals surface area contributed by atoms with Gasteiger partial charge in [-0.3, -0.25) is 29.3 Å². The maximum Gasteiger partial charge on any atom is 0.331 e. The van der Waals surface area contributed by atoms with E-state index in [0.29, 0.717) is 5.56 Å². The molecule has 1 aromatic carbocycles. The number of amides is 1. The molecule has 1 aliphatic rings. The summed E-state index contributed by atoms with van der Waals surface area (Å²) in [6, 6.07) is 5.04. The van der Waals surface area contributed by atoms with Crippen LogP contribution in [-0.4, -0.2) is 36.2 Å². The monoisotopic (exact) mass is 413 g/mol. The number of nitrogens with one attached hydrogen (secondary N) is 1.